The summed E-state index contributed by atoms with van der Waals surface area (Å²) in [5.74, 6) is -0.0900. The molecule has 0 rings (SSSR count). The van der Waals surface area contributed by atoms with E-state index >= 15 is 0 Å². The number of nitrogens with one attached hydrogen (secondary N) is 1. The van der Waals surface area contributed by atoms with Crippen LogP contribution in [0.3, 0.4) is 0 Å². The topological polar surface area (TPSA) is 111 Å². The molecule has 0 saturated heterocycles. The molecule has 0 aliphatic carbocycles. The van der Waals surface area contributed by atoms with Crippen molar-refractivity contribution in [2.75, 3.05) is 51.9 Å². The van der Waals surface area contributed by atoms with Crippen LogP contribution >= 0.6 is 21.6 Å². The fraction of sp³-hybridized carbons (Fsp3) is 0.913. The summed E-state index contributed by atoms with van der Waals surface area (Å²) in [5.41, 5.74) is -0.997. The van der Waals surface area contributed by atoms with E-state index in [2.05, 4.69) is 26.1 Å². The molecule has 11 heteroatoms. The largest absolute Gasteiger partial charge is 0.465 e. The molecule has 0 fully saturated rings. The van der Waals surface area contributed by atoms with Gasteiger partial charge in [-0.3, -0.25) is 19.2 Å². The van der Waals surface area contributed by atoms with Crippen molar-refractivity contribution in [3.63, 3.8) is 0 Å². The number of rotatable bonds is 41. The Hall–Kier alpha value is -1.46. The molecule has 336 valence electrons. The van der Waals surface area contributed by atoms with Gasteiger partial charge in [0, 0.05) is 30.0 Å². The number of amides is 1. The quantitative estimate of drug-likeness (QED) is 0.0276. The number of hydrogen-bond acceptors (Lipinski definition) is 10. The Morgan fingerprint density at radius 1 is 0.596 bits per heavy atom. The van der Waals surface area contributed by atoms with Crippen LogP contribution in [0.15, 0.2) is 0 Å². The molecule has 1 N–H and O–H groups in total. The molecule has 0 aromatic rings. The van der Waals surface area contributed by atoms with E-state index in [1.54, 1.807) is 24.6 Å². The van der Waals surface area contributed by atoms with Gasteiger partial charge in [-0.2, -0.15) is 0 Å². The number of hydrogen-bond donors (Lipinski definition) is 1. The number of nitrogens with zero attached hydrogens (tertiary/aromatic N) is 1. The van der Waals surface area contributed by atoms with E-state index in [0.717, 1.165) is 69.3 Å². The fourth-order valence-electron chi connectivity index (χ4n) is 6.64. The molecule has 1 amide bonds. The van der Waals surface area contributed by atoms with Crippen LogP contribution < -0.4 is 5.32 Å². The molecule has 0 saturated carbocycles. The predicted octanol–water partition coefficient (Wildman–Crippen LogP) is 11.9. The molecular weight excluding hydrogens is 757 g/mol. The zero-order chi connectivity index (χ0) is 42.4. The van der Waals surface area contributed by atoms with Crippen molar-refractivity contribution >= 4 is 45.4 Å². The lowest BCUT2D eigenvalue weighted by atomic mass is 9.86. The van der Waals surface area contributed by atoms with Gasteiger partial charge in [-0.05, 0) is 33.4 Å². The maximum absolute atomic E-state index is 13.8. The standard InChI is InChI=1S/C46H88N2O7S2/c1-8-11-14-17-19-20-21-22-23-24-26-29-37-56-57-38-36-53-41(49)32-34-47-44(51)43(46(4,5)39-54-42(50)33-35-48(6)7)55-45(52)40(30-27-16-13-10-3)31-28-25-18-15-12-9-2/h40,43H,8-39H2,1-7H3,(H,47,51). The number of unbranched alkanes of at least 4 members (excludes halogenated alkanes) is 19. The van der Waals surface area contributed by atoms with Gasteiger partial charge in [-0.25, -0.2) is 0 Å². The lowest BCUT2D eigenvalue weighted by Crippen LogP contribution is -2.50. The first-order valence-corrected chi connectivity index (χ1v) is 25.7. The molecule has 0 spiro atoms. The Kier molecular flexibility index (Phi) is 37.7. The van der Waals surface area contributed by atoms with E-state index < -0.39 is 17.4 Å². The Morgan fingerprint density at radius 2 is 1.05 bits per heavy atom. The van der Waals surface area contributed by atoms with Gasteiger partial charge in [-0.1, -0.05) is 191 Å². The molecule has 9 nitrogen and oxygen atoms in total. The normalized spacial score (nSPS) is 12.7. The minimum absolute atomic E-state index is 0.0150. The van der Waals surface area contributed by atoms with Gasteiger partial charge in [-0.15, -0.1) is 0 Å². The number of ether oxygens (including phenoxy) is 3. The number of carbonyl (C=O) groups is 4. The van der Waals surface area contributed by atoms with Gasteiger partial charge in [0.1, 0.15) is 13.2 Å². The molecule has 0 heterocycles. The van der Waals surface area contributed by atoms with Crippen LogP contribution in [0, 0.1) is 11.3 Å². The molecule has 57 heavy (non-hydrogen) atoms. The van der Waals surface area contributed by atoms with Crippen LogP contribution in [0.1, 0.15) is 202 Å². The van der Waals surface area contributed by atoms with Crippen LogP contribution in [-0.2, 0) is 33.4 Å². The van der Waals surface area contributed by atoms with Gasteiger partial charge in [0.2, 0.25) is 0 Å². The molecule has 2 atom stereocenters. The molecule has 0 aromatic heterocycles. The third-order valence-corrected chi connectivity index (χ3v) is 12.9. The highest BCUT2D eigenvalue weighted by atomic mass is 33.1. The van der Waals surface area contributed by atoms with E-state index in [1.165, 1.54) is 96.3 Å². The summed E-state index contributed by atoms with van der Waals surface area (Å²) in [5, 5.41) is 2.81. The van der Waals surface area contributed by atoms with Crippen LogP contribution in [0.25, 0.3) is 0 Å². The molecule has 0 aliphatic rings. The summed E-state index contributed by atoms with van der Waals surface area (Å²) < 4.78 is 17.1. The van der Waals surface area contributed by atoms with Gasteiger partial charge in [0.25, 0.3) is 5.91 Å². The Bertz CT molecular complexity index is 998. The predicted molar refractivity (Wildman–Crippen MR) is 243 cm³/mol. The third kappa shape index (κ3) is 34.0. The first-order valence-electron chi connectivity index (χ1n) is 23.2. The molecule has 0 aliphatic heterocycles. The first-order chi connectivity index (χ1) is 27.5. The van der Waals surface area contributed by atoms with Crippen molar-refractivity contribution in [1.82, 2.24) is 10.2 Å². The highest BCUT2D eigenvalue weighted by molar-refractivity contribution is 8.76. The first kappa shape index (κ1) is 55.5. The highest BCUT2D eigenvalue weighted by Crippen LogP contribution is 2.28. The second kappa shape index (κ2) is 38.7. The van der Waals surface area contributed by atoms with E-state index in [9.17, 15) is 19.2 Å². The van der Waals surface area contributed by atoms with Crippen LogP contribution in [0.4, 0.5) is 0 Å². The summed E-state index contributed by atoms with van der Waals surface area (Å²) in [4.78, 5) is 54.4. The third-order valence-electron chi connectivity index (χ3n) is 10.4. The van der Waals surface area contributed by atoms with Crippen molar-refractivity contribution < 1.29 is 33.4 Å². The second-order valence-corrected chi connectivity index (χ2v) is 19.6. The SMILES string of the molecule is CCCCCCCCCCCCCCSSCCOC(=O)CCNC(=O)C(OC(=O)C(CCCCCC)CCCCCCCC)C(C)(C)COC(=O)CCN(C)C. The van der Waals surface area contributed by atoms with Crippen LogP contribution in [-0.4, -0.2) is 86.7 Å². The summed E-state index contributed by atoms with van der Waals surface area (Å²) in [6, 6.07) is 0. The smallest absolute Gasteiger partial charge is 0.309 e. The summed E-state index contributed by atoms with van der Waals surface area (Å²) in [6.07, 6.45) is 27.7. The Balaban J connectivity index is 4.87. The summed E-state index contributed by atoms with van der Waals surface area (Å²) >= 11 is 0. The van der Waals surface area contributed by atoms with E-state index in [1.807, 2.05) is 29.8 Å². The van der Waals surface area contributed by atoms with Crippen LogP contribution in [0.2, 0.25) is 0 Å². The minimum Gasteiger partial charge on any atom is -0.465 e. The summed E-state index contributed by atoms with van der Waals surface area (Å²) in [6.45, 7) is 11.0. The van der Waals surface area contributed by atoms with Crippen molar-refractivity contribution in [1.29, 1.82) is 0 Å². The van der Waals surface area contributed by atoms with Crippen molar-refractivity contribution in [3.8, 4) is 0 Å². The van der Waals surface area contributed by atoms with E-state index in [-0.39, 0.29) is 49.8 Å². The van der Waals surface area contributed by atoms with E-state index in [4.69, 9.17) is 14.2 Å². The lowest BCUT2D eigenvalue weighted by Gasteiger charge is -2.33. The van der Waals surface area contributed by atoms with Crippen molar-refractivity contribution in [2.45, 2.75) is 208 Å². The monoisotopic (exact) mass is 845 g/mol. The number of esters is 3. The summed E-state index contributed by atoms with van der Waals surface area (Å²) in [7, 11) is 7.34. The minimum atomic E-state index is -1.19. The maximum Gasteiger partial charge on any atom is 0.309 e. The number of carbonyl (C=O) groups excluding carboxylic acids is 4. The average molecular weight is 845 g/mol. The second-order valence-electron chi connectivity index (χ2n) is 16.9. The zero-order valence-corrected chi connectivity index (χ0v) is 39.5. The van der Waals surface area contributed by atoms with Gasteiger partial charge >= 0.3 is 17.9 Å². The molecular formula is C46H88N2O7S2. The Labute approximate surface area is 358 Å². The van der Waals surface area contributed by atoms with E-state index in [0.29, 0.717) is 13.2 Å². The van der Waals surface area contributed by atoms with Gasteiger partial charge in [0.15, 0.2) is 6.10 Å². The van der Waals surface area contributed by atoms with Crippen molar-refractivity contribution in [3.05, 3.63) is 0 Å². The fourth-order valence-corrected chi connectivity index (χ4v) is 8.61. The highest BCUT2D eigenvalue weighted by Gasteiger charge is 2.41. The van der Waals surface area contributed by atoms with Gasteiger partial charge < -0.3 is 24.4 Å². The van der Waals surface area contributed by atoms with Gasteiger partial charge in [0.05, 0.1) is 18.8 Å². The van der Waals surface area contributed by atoms with Crippen molar-refractivity contribution in [2.24, 2.45) is 11.3 Å². The molecule has 0 radical (unpaired) electrons. The molecule has 0 aromatic carbocycles. The maximum atomic E-state index is 13.8. The molecule has 2 unspecified atom stereocenters. The average Bonchev–Trinajstić information content (AvgIpc) is 3.18. The van der Waals surface area contributed by atoms with Crippen LogP contribution in [0.5, 0.6) is 0 Å². The lowest BCUT2D eigenvalue weighted by molar-refractivity contribution is -0.172. The zero-order valence-electron chi connectivity index (χ0n) is 37.9. The Morgan fingerprint density at radius 3 is 1.58 bits per heavy atom. The molecule has 0 bridgehead atoms.